The van der Waals surface area contributed by atoms with Gasteiger partial charge in [-0.15, -0.1) is 0 Å². The first-order valence-corrected chi connectivity index (χ1v) is 12.9. The number of carbonyl (C=O) groups is 2. The number of likely N-dealkylation sites (N-methyl/N-ethyl adjacent to an activating group) is 2. The van der Waals surface area contributed by atoms with E-state index < -0.39 is 0 Å². The molecule has 6 atom stereocenters. The van der Waals surface area contributed by atoms with Crippen LogP contribution in [0.1, 0.15) is 72.1 Å². The van der Waals surface area contributed by atoms with Crippen molar-refractivity contribution in [2.24, 2.45) is 39.7 Å². The molecule has 0 aromatic carbocycles. The number of rotatable bonds is 5. The van der Waals surface area contributed by atoms with Gasteiger partial charge < -0.3 is 9.80 Å². The minimum atomic E-state index is -0.383. The van der Waals surface area contributed by atoms with E-state index in [0.29, 0.717) is 36.5 Å². The zero-order valence-corrected chi connectivity index (χ0v) is 21.5. The van der Waals surface area contributed by atoms with Crippen LogP contribution in [0.2, 0.25) is 0 Å². The summed E-state index contributed by atoms with van der Waals surface area (Å²) in [5, 5.41) is 4.35. The summed E-state index contributed by atoms with van der Waals surface area (Å²) in [6.45, 7) is 8.37. The van der Waals surface area contributed by atoms with Crippen LogP contribution in [0.15, 0.2) is 16.8 Å². The summed E-state index contributed by atoms with van der Waals surface area (Å²) in [5.41, 5.74) is 2.84. The van der Waals surface area contributed by atoms with Gasteiger partial charge in [-0.05, 0) is 101 Å². The minimum absolute atomic E-state index is 0.214. The van der Waals surface area contributed by atoms with Gasteiger partial charge in [0, 0.05) is 32.5 Å². The smallest absolute Gasteiger partial charge is 0.308 e. The Morgan fingerprint density at radius 3 is 2.55 bits per heavy atom. The summed E-state index contributed by atoms with van der Waals surface area (Å²) in [4.78, 5) is 33.4. The van der Waals surface area contributed by atoms with Crippen molar-refractivity contribution in [1.82, 2.24) is 9.80 Å². The van der Waals surface area contributed by atoms with E-state index in [4.69, 9.17) is 4.84 Å². The maximum Gasteiger partial charge on any atom is 0.435 e. The largest absolute Gasteiger partial charge is 0.435 e. The fourth-order valence-electron chi connectivity index (χ4n) is 7.93. The van der Waals surface area contributed by atoms with Crippen molar-refractivity contribution < 1.29 is 14.4 Å². The average Bonchev–Trinajstić information content (AvgIpc) is 3.13. The van der Waals surface area contributed by atoms with Crippen molar-refractivity contribution in [3.8, 4) is 0 Å². The fraction of sp³-hybridized carbons (Fsp3) is 0.815. The maximum absolute atomic E-state index is 12.4. The number of carbonyl (C=O) groups excluding carboxylic acids is 2. The molecule has 0 aromatic heterocycles. The molecule has 0 unspecified atom stereocenters. The van der Waals surface area contributed by atoms with Crippen LogP contribution >= 0.6 is 0 Å². The van der Waals surface area contributed by atoms with Crippen molar-refractivity contribution in [3.05, 3.63) is 11.6 Å². The lowest BCUT2D eigenvalue weighted by atomic mass is 9.46. The fourth-order valence-corrected chi connectivity index (χ4v) is 7.93. The molecule has 6 nitrogen and oxygen atoms in total. The van der Waals surface area contributed by atoms with Crippen LogP contribution in [0.25, 0.3) is 0 Å². The van der Waals surface area contributed by atoms with Gasteiger partial charge in [0.1, 0.15) is 0 Å². The van der Waals surface area contributed by atoms with Crippen molar-refractivity contribution in [3.63, 3.8) is 0 Å². The molecule has 6 heteroatoms. The Bertz CT molecular complexity index is 850. The molecule has 0 N–H and O–H groups in total. The van der Waals surface area contributed by atoms with Gasteiger partial charge >= 0.3 is 6.09 Å². The van der Waals surface area contributed by atoms with E-state index in [2.05, 4.69) is 19.0 Å². The lowest BCUT2D eigenvalue weighted by molar-refractivity contribution is -0.117. The first kappa shape index (κ1) is 24.4. The predicted octanol–water partition coefficient (Wildman–Crippen LogP) is 5.14. The van der Waals surface area contributed by atoms with Gasteiger partial charge in [0.05, 0.1) is 5.71 Å². The molecule has 0 aromatic rings. The second kappa shape index (κ2) is 9.16. The summed E-state index contributed by atoms with van der Waals surface area (Å²) >= 11 is 0. The molecule has 0 bridgehead atoms. The van der Waals surface area contributed by atoms with Crippen LogP contribution in [-0.2, 0) is 9.63 Å². The van der Waals surface area contributed by atoms with Crippen molar-refractivity contribution in [2.75, 3.05) is 34.2 Å². The van der Waals surface area contributed by atoms with E-state index in [1.807, 2.05) is 32.0 Å². The molecule has 3 saturated carbocycles. The highest BCUT2D eigenvalue weighted by molar-refractivity contribution is 5.91. The summed E-state index contributed by atoms with van der Waals surface area (Å²) in [7, 11) is 5.74. The summed E-state index contributed by atoms with van der Waals surface area (Å²) < 4.78 is 0. The highest BCUT2D eigenvalue weighted by Gasteiger charge is 2.59. The van der Waals surface area contributed by atoms with E-state index in [0.717, 1.165) is 37.4 Å². The number of hydrogen-bond acceptors (Lipinski definition) is 5. The number of fused-ring (bicyclic) bond motifs is 5. The summed E-state index contributed by atoms with van der Waals surface area (Å²) in [6.07, 6.45) is 10.5. The van der Waals surface area contributed by atoms with Gasteiger partial charge in [0.25, 0.3) is 0 Å². The van der Waals surface area contributed by atoms with Crippen LogP contribution < -0.4 is 0 Å². The monoisotopic (exact) mass is 457 g/mol. The number of oxime groups is 1. The SMILES string of the molecule is C/C(=N\OC(=O)N(C)CCN(C)C)[C@H]1CC[C@H]2[C@@H]3CCC4=CC(=O)CC[C@]4(C)[C@H]3CC[C@]12C. The third-order valence-corrected chi connectivity index (χ3v) is 9.93. The molecule has 3 fully saturated rings. The van der Waals surface area contributed by atoms with Gasteiger partial charge in [-0.2, -0.15) is 0 Å². The Labute approximate surface area is 199 Å². The van der Waals surface area contributed by atoms with Crippen molar-refractivity contribution in [1.29, 1.82) is 0 Å². The van der Waals surface area contributed by atoms with Gasteiger partial charge in [-0.3, -0.25) is 9.63 Å². The number of allylic oxidation sites excluding steroid dienone is 1. The minimum Gasteiger partial charge on any atom is -0.308 e. The molecule has 0 radical (unpaired) electrons. The van der Waals surface area contributed by atoms with E-state index >= 15 is 0 Å². The first-order chi connectivity index (χ1) is 15.6. The van der Waals surface area contributed by atoms with Crippen LogP contribution in [0, 0.1) is 34.5 Å². The summed E-state index contributed by atoms with van der Waals surface area (Å²) in [6, 6.07) is 0. The van der Waals surface area contributed by atoms with Gasteiger partial charge in [-0.1, -0.05) is 24.6 Å². The van der Waals surface area contributed by atoms with E-state index in [-0.39, 0.29) is 16.9 Å². The Morgan fingerprint density at radius 1 is 1.06 bits per heavy atom. The Kier molecular flexibility index (Phi) is 6.78. The number of amides is 1. The topological polar surface area (TPSA) is 62.2 Å². The maximum atomic E-state index is 12.4. The van der Waals surface area contributed by atoms with Gasteiger partial charge in [-0.25, -0.2) is 4.79 Å². The average molecular weight is 458 g/mol. The number of hydrogen-bond donors (Lipinski definition) is 0. The molecule has 184 valence electrons. The molecule has 0 heterocycles. The van der Waals surface area contributed by atoms with Crippen LogP contribution in [-0.4, -0.2) is 61.6 Å². The molecule has 33 heavy (non-hydrogen) atoms. The highest BCUT2D eigenvalue weighted by Crippen LogP contribution is 2.66. The molecule has 0 spiro atoms. The predicted molar refractivity (Wildman–Crippen MR) is 131 cm³/mol. The van der Waals surface area contributed by atoms with E-state index in [1.165, 1.54) is 31.3 Å². The Balaban J connectivity index is 1.44. The van der Waals surface area contributed by atoms with Crippen LogP contribution in [0.5, 0.6) is 0 Å². The normalized spacial score (nSPS) is 38.3. The van der Waals surface area contributed by atoms with Gasteiger partial charge in [0.15, 0.2) is 5.78 Å². The molecule has 1 amide bonds. The Morgan fingerprint density at radius 2 is 1.82 bits per heavy atom. The van der Waals surface area contributed by atoms with E-state index in [9.17, 15) is 9.59 Å². The Hall–Kier alpha value is -1.69. The highest BCUT2D eigenvalue weighted by atomic mass is 16.7. The van der Waals surface area contributed by atoms with Crippen molar-refractivity contribution in [2.45, 2.75) is 72.1 Å². The molecular formula is C27H43N3O3. The second-order valence-electron chi connectivity index (χ2n) is 12.0. The lowest BCUT2D eigenvalue weighted by Crippen LogP contribution is -2.51. The lowest BCUT2D eigenvalue weighted by Gasteiger charge is -2.58. The molecule has 0 aliphatic heterocycles. The number of ketones is 1. The quantitative estimate of drug-likeness (QED) is 0.326. The van der Waals surface area contributed by atoms with Crippen LogP contribution in [0.4, 0.5) is 4.79 Å². The third kappa shape index (κ3) is 4.40. The standard InChI is InChI=1S/C27H43N3O3/c1-18(28-33-25(32)30(6)16-15-29(4)5)22-9-10-23-21-8-7-19-17-20(31)11-13-26(19,2)24(21)12-14-27(22,23)3/h17,21-24H,7-16H2,1-6H3/b28-18+/t21-,22+,23-,24-,26-,27+/m0/s1. The summed E-state index contributed by atoms with van der Waals surface area (Å²) in [5.74, 6) is 2.83. The zero-order valence-electron chi connectivity index (χ0n) is 21.5. The number of nitrogens with zero attached hydrogens (tertiary/aromatic N) is 3. The van der Waals surface area contributed by atoms with E-state index in [1.54, 1.807) is 11.9 Å². The second-order valence-corrected chi connectivity index (χ2v) is 12.0. The third-order valence-electron chi connectivity index (χ3n) is 9.93. The molecule has 4 aliphatic rings. The molecular weight excluding hydrogens is 414 g/mol. The van der Waals surface area contributed by atoms with Gasteiger partial charge in [0.2, 0.25) is 0 Å². The first-order valence-electron chi connectivity index (χ1n) is 12.9. The van der Waals surface area contributed by atoms with Crippen molar-refractivity contribution >= 4 is 17.6 Å². The molecule has 0 saturated heterocycles. The van der Waals surface area contributed by atoms with Crippen LogP contribution in [0.3, 0.4) is 0 Å². The zero-order chi connectivity index (χ0) is 24.0. The molecule has 4 rings (SSSR count). The molecule has 4 aliphatic carbocycles.